The molecule has 0 saturated heterocycles. The van der Waals surface area contributed by atoms with Crippen LogP contribution in [0.15, 0.2) is 24.3 Å². The Labute approximate surface area is 135 Å². The molecule has 2 N–H and O–H groups in total. The minimum absolute atomic E-state index is 0.190. The first-order valence-electron chi connectivity index (χ1n) is 8.50. The molecule has 0 aromatic heterocycles. The largest absolute Gasteiger partial charge is 0.353 e. The van der Waals surface area contributed by atoms with Gasteiger partial charge in [0.1, 0.15) is 0 Å². The Morgan fingerprint density at radius 3 is 2.41 bits per heavy atom. The van der Waals surface area contributed by atoms with Crippen LogP contribution >= 0.6 is 0 Å². The number of rotatable bonds is 10. The van der Waals surface area contributed by atoms with Gasteiger partial charge in [-0.3, -0.25) is 4.79 Å². The smallest absolute Gasteiger partial charge is 0.220 e. The van der Waals surface area contributed by atoms with Gasteiger partial charge in [0.15, 0.2) is 0 Å². The standard InChI is InChI=1S/C19H30N2O/c1-4-8-18(5-2)21-19(22)10-7-6-9-16-11-13-17(14-12-16)15(3)20/h11-14,18,20H,4-10H2,1-3H3,(H,21,22). The molecule has 0 bridgehead atoms. The molecular formula is C19H30N2O. The SMILES string of the molecule is CCCC(CC)NC(=O)CCCCc1ccc(C(C)=N)cc1. The second-order valence-electron chi connectivity index (χ2n) is 5.99. The molecule has 0 fully saturated rings. The summed E-state index contributed by atoms with van der Waals surface area (Å²) < 4.78 is 0. The molecule has 1 unspecified atom stereocenters. The Morgan fingerprint density at radius 2 is 1.86 bits per heavy atom. The van der Waals surface area contributed by atoms with Crippen LogP contribution in [0.2, 0.25) is 0 Å². The lowest BCUT2D eigenvalue weighted by molar-refractivity contribution is -0.122. The summed E-state index contributed by atoms with van der Waals surface area (Å²) in [4.78, 5) is 11.9. The number of nitrogens with one attached hydrogen (secondary N) is 2. The molecule has 3 heteroatoms. The maximum atomic E-state index is 11.9. The van der Waals surface area contributed by atoms with E-state index in [9.17, 15) is 4.79 Å². The molecule has 0 aliphatic rings. The lowest BCUT2D eigenvalue weighted by Crippen LogP contribution is -2.34. The van der Waals surface area contributed by atoms with E-state index in [2.05, 4.69) is 31.3 Å². The van der Waals surface area contributed by atoms with Gasteiger partial charge < -0.3 is 10.7 Å². The van der Waals surface area contributed by atoms with Crippen molar-refractivity contribution in [3.8, 4) is 0 Å². The Morgan fingerprint density at radius 1 is 1.18 bits per heavy atom. The molecule has 1 aromatic carbocycles. The second kappa shape index (κ2) is 10.1. The normalized spacial score (nSPS) is 12.0. The van der Waals surface area contributed by atoms with E-state index in [0.717, 1.165) is 44.1 Å². The summed E-state index contributed by atoms with van der Waals surface area (Å²) in [5.41, 5.74) is 2.85. The van der Waals surface area contributed by atoms with Crippen molar-refractivity contribution in [2.45, 2.75) is 71.8 Å². The Hall–Kier alpha value is -1.64. The molecule has 1 aromatic rings. The van der Waals surface area contributed by atoms with Gasteiger partial charge in [-0.1, -0.05) is 44.5 Å². The first-order chi connectivity index (χ1) is 10.6. The van der Waals surface area contributed by atoms with E-state index in [-0.39, 0.29) is 5.91 Å². The highest BCUT2D eigenvalue weighted by atomic mass is 16.1. The van der Waals surface area contributed by atoms with Crippen LogP contribution in [0.1, 0.15) is 70.4 Å². The van der Waals surface area contributed by atoms with Crippen LogP contribution in [-0.4, -0.2) is 17.7 Å². The molecule has 0 heterocycles. The van der Waals surface area contributed by atoms with E-state index in [4.69, 9.17) is 5.41 Å². The number of hydrogen-bond donors (Lipinski definition) is 2. The molecule has 0 saturated carbocycles. The monoisotopic (exact) mass is 302 g/mol. The van der Waals surface area contributed by atoms with Crippen molar-refractivity contribution < 1.29 is 4.79 Å². The molecule has 0 aliphatic heterocycles. The van der Waals surface area contributed by atoms with Crippen molar-refractivity contribution in [3.05, 3.63) is 35.4 Å². The van der Waals surface area contributed by atoms with Crippen LogP contribution in [0.5, 0.6) is 0 Å². The summed E-state index contributed by atoms with van der Waals surface area (Å²) in [6, 6.07) is 8.51. The Balaban J connectivity index is 2.24. The summed E-state index contributed by atoms with van der Waals surface area (Å²) in [7, 11) is 0. The molecule has 0 spiro atoms. The third kappa shape index (κ3) is 6.88. The van der Waals surface area contributed by atoms with Crippen LogP contribution in [0, 0.1) is 5.41 Å². The molecule has 3 nitrogen and oxygen atoms in total. The zero-order chi connectivity index (χ0) is 16.4. The van der Waals surface area contributed by atoms with Crippen LogP contribution in [0.25, 0.3) is 0 Å². The van der Waals surface area contributed by atoms with Crippen molar-refractivity contribution in [2.24, 2.45) is 0 Å². The van der Waals surface area contributed by atoms with E-state index in [0.29, 0.717) is 18.2 Å². The zero-order valence-electron chi connectivity index (χ0n) is 14.2. The van der Waals surface area contributed by atoms with Crippen molar-refractivity contribution in [3.63, 3.8) is 0 Å². The van der Waals surface area contributed by atoms with Crippen LogP contribution < -0.4 is 5.32 Å². The number of hydrogen-bond acceptors (Lipinski definition) is 2. The first kappa shape index (κ1) is 18.4. The summed E-state index contributed by atoms with van der Waals surface area (Å²) in [6.07, 6.45) is 6.78. The molecule has 1 rings (SSSR count). The molecule has 1 atom stereocenters. The number of carbonyl (C=O) groups is 1. The number of unbranched alkanes of at least 4 members (excludes halogenated alkanes) is 1. The predicted octanol–water partition coefficient (Wildman–Crippen LogP) is 4.48. The highest BCUT2D eigenvalue weighted by molar-refractivity contribution is 5.96. The van der Waals surface area contributed by atoms with Gasteiger partial charge in [-0.2, -0.15) is 0 Å². The van der Waals surface area contributed by atoms with Gasteiger partial charge in [-0.05, 0) is 50.2 Å². The Kier molecular flexibility index (Phi) is 8.49. The molecule has 1 amide bonds. The number of carbonyl (C=O) groups excluding carboxylic acids is 1. The third-order valence-corrected chi connectivity index (χ3v) is 4.00. The lowest BCUT2D eigenvalue weighted by atomic mass is 10.0. The van der Waals surface area contributed by atoms with Gasteiger partial charge >= 0.3 is 0 Å². The van der Waals surface area contributed by atoms with E-state index < -0.39 is 0 Å². The summed E-state index contributed by atoms with van der Waals surface area (Å²) in [6.45, 7) is 6.08. The topological polar surface area (TPSA) is 53.0 Å². The maximum absolute atomic E-state index is 11.9. The van der Waals surface area contributed by atoms with E-state index in [1.54, 1.807) is 6.92 Å². The number of aryl methyl sites for hydroxylation is 1. The molecule has 122 valence electrons. The van der Waals surface area contributed by atoms with Gasteiger partial charge in [0.05, 0.1) is 0 Å². The first-order valence-corrected chi connectivity index (χ1v) is 8.50. The third-order valence-electron chi connectivity index (χ3n) is 4.00. The van der Waals surface area contributed by atoms with Crippen LogP contribution in [-0.2, 0) is 11.2 Å². The van der Waals surface area contributed by atoms with Gasteiger partial charge in [0.2, 0.25) is 5.91 Å². The Bertz CT molecular complexity index is 465. The van der Waals surface area contributed by atoms with E-state index >= 15 is 0 Å². The van der Waals surface area contributed by atoms with Gasteiger partial charge in [-0.15, -0.1) is 0 Å². The molecule has 0 radical (unpaired) electrons. The zero-order valence-corrected chi connectivity index (χ0v) is 14.2. The van der Waals surface area contributed by atoms with Crippen molar-refractivity contribution >= 4 is 11.6 Å². The lowest BCUT2D eigenvalue weighted by Gasteiger charge is -2.15. The fourth-order valence-electron chi connectivity index (χ4n) is 2.56. The highest BCUT2D eigenvalue weighted by Gasteiger charge is 2.08. The summed E-state index contributed by atoms with van der Waals surface area (Å²) >= 11 is 0. The molecule has 0 aliphatic carbocycles. The fourth-order valence-corrected chi connectivity index (χ4v) is 2.56. The molecule has 22 heavy (non-hydrogen) atoms. The van der Waals surface area contributed by atoms with E-state index in [1.807, 2.05) is 12.1 Å². The van der Waals surface area contributed by atoms with E-state index in [1.165, 1.54) is 5.56 Å². The fraction of sp³-hybridized carbons (Fsp3) is 0.579. The average molecular weight is 302 g/mol. The van der Waals surface area contributed by atoms with Gasteiger partial charge in [0.25, 0.3) is 0 Å². The van der Waals surface area contributed by atoms with Crippen LogP contribution in [0.4, 0.5) is 0 Å². The van der Waals surface area contributed by atoms with Crippen molar-refractivity contribution in [1.82, 2.24) is 5.32 Å². The molecular weight excluding hydrogens is 272 g/mol. The summed E-state index contributed by atoms with van der Waals surface area (Å²) in [5.74, 6) is 0.190. The second-order valence-corrected chi connectivity index (χ2v) is 5.99. The van der Waals surface area contributed by atoms with Crippen molar-refractivity contribution in [2.75, 3.05) is 0 Å². The van der Waals surface area contributed by atoms with Crippen LogP contribution in [0.3, 0.4) is 0 Å². The minimum Gasteiger partial charge on any atom is -0.353 e. The summed E-state index contributed by atoms with van der Waals surface area (Å²) in [5, 5.41) is 10.7. The predicted molar refractivity (Wildman–Crippen MR) is 93.6 cm³/mol. The van der Waals surface area contributed by atoms with Gasteiger partial charge in [-0.25, -0.2) is 0 Å². The highest BCUT2D eigenvalue weighted by Crippen LogP contribution is 2.10. The number of amides is 1. The quantitative estimate of drug-likeness (QED) is 0.486. The van der Waals surface area contributed by atoms with Crippen molar-refractivity contribution in [1.29, 1.82) is 5.41 Å². The maximum Gasteiger partial charge on any atom is 0.220 e. The average Bonchev–Trinajstić information content (AvgIpc) is 2.51. The number of benzene rings is 1. The minimum atomic E-state index is 0.190. The van der Waals surface area contributed by atoms with Gasteiger partial charge in [0, 0.05) is 18.2 Å².